The van der Waals surface area contributed by atoms with E-state index in [1.54, 1.807) is 6.07 Å². The Morgan fingerprint density at radius 3 is 2.00 bits per heavy atom. The van der Waals surface area contributed by atoms with E-state index in [4.69, 9.17) is 24.7 Å². The Labute approximate surface area is 73.9 Å². The van der Waals surface area contributed by atoms with Crippen molar-refractivity contribution in [3.05, 3.63) is 6.07 Å². The number of nitrogen functional groups attached to an aromatic ring is 1. The van der Waals surface area contributed by atoms with E-state index in [9.17, 15) is 0 Å². The normalized spacial score (nSPS) is 16.3. The third-order valence-electron chi connectivity index (χ3n) is 2.03. The lowest BCUT2D eigenvalue weighted by molar-refractivity contribution is 0.166. The molecule has 0 aliphatic carbocycles. The first-order chi connectivity index (χ1) is 6.36. The molecule has 0 unspecified atom stereocenters. The van der Waals surface area contributed by atoms with Crippen molar-refractivity contribution in [2.24, 2.45) is 0 Å². The second-order valence-electron chi connectivity index (χ2n) is 2.76. The average molecular weight is 181 g/mol. The highest BCUT2D eigenvalue weighted by Gasteiger charge is 2.27. The highest BCUT2D eigenvalue weighted by atomic mass is 16.7. The van der Waals surface area contributed by atoms with E-state index in [0.717, 1.165) is 0 Å². The van der Waals surface area contributed by atoms with Crippen LogP contribution in [0.3, 0.4) is 0 Å². The fraction of sp³-hybridized carbons (Fsp3) is 0.250. The molecule has 1 aromatic rings. The van der Waals surface area contributed by atoms with Gasteiger partial charge in [0.25, 0.3) is 0 Å². The molecule has 0 atom stereocenters. The number of anilines is 1. The van der Waals surface area contributed by atoms with E-state index >= 15 is 0 Å². The lowest BCUT2D eigenvalue weighted by Crippen LogP contribution is -1.97. The first-order valence-electron chi connectivity index (χ1n) is 3.84. The van der Waals surface area contributed by atoms with Crippen LogP contribution in [0.5, 0.6) is 23.0 Å². The zero-order valence-electron chi connectivity index (χ0n) is 6.70. The minimum Gasteiger partial charge on any atom is -0.453 e. The van der Waals surface area contributed by atoms with Gasteiger partial charge in [0.1, 0.15) is 5.69 Å². The Hall–Kier alpha value is -1.78. The molecule has 0 fully saturated rings. The maximum Gasteiger partial charge on any atom is 0.231 e. The third-order valence-corrected chi connectivity index (χ3v) is 2.03. The summed E-state index contributed by atoms with van der Waals surface area (Å²) in [5.74, 6) is 2.32. The Morgan fingerprint density at radius 1 is 0.923 bits per heavy atom. The number of hydrogen-bond donors (Lipinski definition) is 1. The molecule has 0 saturated carbocycles. The van der Waals surface area contributed by atoms with Crippen LogP contribution in [0.15, 0.2) is 6.07 Å². The van der Waals surface area contributed by atoms with Gasteiger partial charge in [0.05, 0.1) is 0 Å². The smallest absolute Gasteiger partial charge is 0.231 e. The predicted molar refractivity (Wildman–Crippen MR) is 43.1 cm³/mol. The summed E-state index contributed by atoms with van der Waals surface area (Å²) in [6.45, 7) is 0.394. The standard InChI is InChI=1S/C8H7NO4/c9-6-7-4(10-2-12-7)1-5-8(6)13-3-11-5/h1H,2-3,9H2. The second-order valence-corrected chi connectivity index (χ2v) is 2.76. The second kappa shape index (κ2) is 2.12. The van der Waals surface area contributed by atoms with Crippen LogP contribution < -0.4 is 24.7 Å². The van der Waals surface area contributed by atoms with Crippen molar-refractivity contribution in [3.63, 3.8) is 0 Å². The van der Waals surface area contributed by atoms with E-state index in [2.05, 4.69) is 0 Å². The molecule has 1 aromatic carbocycles. The van der Waals surface area contributed by atoms with E-state index in [-0.39, 0.29) is 13.6 Å². The zero-order chi connectivity index (χ0) is 8.84. The van der Waals surface area contributed by atoms with E-state index < -0.39 is 0 Å². The van der Waals surface area contributed by atoms with Crippen LogP contribution in [-0.4, -0.2) is 13.6 Å². The molecule has 5 heteroatoms. The van der Waals surface area contributed by atoms with E-state index in [1.165, 1.54) is 0 Å². The quantitative estimate of drug-likeness (QED) is 0.597. The molecule has 0 spiro atoms. The first kappa shape index (κ1) is 6.71. The minimum absolute atomic E-state index is 0.197. The number of rotatable bonds is 0. The van der Waals surface area contributed by atoms with Gasteiger partial charge in [0, 0.05) is 6.07 Å². The summed E-state index contributed by atoms with van der Waals surface area (Å²) in [5.41, 5.74) is 6.22. The molecular formula is C8H7NO4. The SMILES string of the molecule is Nc1c2c(cc3c1OCO3)OCO2. The highest BCUT2D eigenvalue weighted by Crippen LogP contribution is 2.50. The van der Waals surface area contributed by atoms with Gasteiger partial charge in [-0.05, 0) is 0 Å². The van der Waals surface area contributed by atoms with Gasteiger partial charge in [-0.25, -0.2) is 0 Å². The van der Waals surface area contributed by atoms with Gasteiger partial charge in [0.15, 0.2) is 23.0 Å². The topological polar surface area (TPSA) is 62.9 Å². The van der Waals surface area contributed by atoms with Crippen molar-refractivity contribution in [2.45, 2.75) is 0 Å². The van der Waals surface area contributed by atoms with Gasteiger partial charge in [-0.3, -0.25) is 0 Å². The third kappa shape index (κ3) is 0.756. The summed E-state index contributed by atoms with van der Waals surface area (Å²) in [6.07, 6.45) is 0. The van der Waals surface area contributed by atoms with E-state index in [1.807, 2.05) is 0 Å². The van der Waals surface area contributed by atoms with Gasteiger partial charge in [-0.2, -0.15) is 0 Å². The van der Waals surface area contributed by atoms with Crippen molar-refractivity contribution in [2.75, 3.05) is 19.3 Å². The van der Waals surface area contributed by atoms with Crippen molar-refractivity contribution in [1.82, 2.24) is 0 Å². The van der Waals surface area contributed by atoms with Crippen LogP contribution in [0, 0.1) is 0 Å². The molecule has 0 bridgehead atoms. The van der Waals surface area contributed by atoms with Crippen LogP contribution in [0.2, 0.25) is 0 Å². The van der Waals surface area contributed by atoms with E-state index in [0.29, 0.717) is 28.7 Å². The van der Waals surface area contributed by atoms with Crippen molar-refractivity contribution >= 4 is 5.69 Å². The van der Waals surface area contributed by atoms with Crippen LogP contribution in [0.1, 0.15) is 0 Å². The minimum atomic E-state index is 0.197. The van der Waals surface area contributed by atoms with Crippen molar-refractivity contribution in [1.29, 1.82) is 0 Å². The maximum atomic E-state index is 5.78. The molecule has 2 aliphatic heterocycles. The van der Waals surface area contributed by atoms with Crippen LogP contribution >= 0.6 is 0 Å². The molecule has 3 rings (SSSR count). The van der Waals surface area contributed by atoms with Crippen LogP contribution in [0.25, 0.3) is 0 Å². The van der Waals surface area contributed by atoms with Crippen molar-refractivity contribution in [3.8, 4) is 23.0 Å². The lowest BCUT2D eigenvalue weighted by Gasteiger charge is -2.03. The average Bonchev–Trinajstić information content (AvgIpc) is 2.71. The van der Waals surface area contributed by atoms with Gasteiger partial charge in [-0.15, -0.1) is 0 Å². The molecule has 0 amide bonds. The highest BCUT2D eigenvalue weighted by molar-refractivity contribution is 5.74. The van der Waals surface area contributed by atoms with Gasteiger partial charge in [0.2, 0.25) is 13.6 Å². The molecule has 0 saturated heterocycles. The van der Waals surface area contributed by atoms with Crippen LogP contribution in [0.4, 0.5) is 5.69 Å². The van der Waals surface area contributed by atoms with Gasteiger partial charge >= 0.3 is 0 Å². The number of fused-ring (bicyclic) bond motifs is 2. The Morgan fingerprint density at radius 2 is 1.46 bits per heavy atom. The molecule has 2 heterocycles. The zero-order valence-corrected chi connectivity index (χ0v) is 6.70. The summed E-state index contributed by atoms with van der Waals surface area (Å²) in [7, 11) is 0. The van der Waals surface area contributed by atoms with Gasteiger partial charge < -0.3 is 24.7 Å². The molecule has 0 radical (unpaired) electrons. The molecule has 13 heavy (non-hydrogen) atoms. The summed E-state index contributed by atoms with van der Waals surface area (Å²) >= 11 is 0. The Kier molecular flexibility index (Phi) is 1.10. The fourth-order valence-corrected chi connectivity index (χ4v) is 1.43. The first-order valence-corrected chi connectivity index (χ1v) is 3.84. The largest absolute Gasteiger partial charge is 0.453 e. The summed E-state index contributed by atoms with van der Waals surface area (Å²) < 4.78 is 20.7. The van der Waals surface area contributed by atoms with Crippen molar-refractivity contribution < 1.29 is 18.9 Å². The fourth-order valence-electron chi connectivity index (χ4n) is 1.43. The Balaban J connectivity index is 2.26. The summed E-state index contributed by atoms with van der Waals surface area (Å²) in [6, 6.07) is 1.72. The molecule has 0 aromatic heterocycles. The number of benzene rings is 1. The molecule has 5 nitrogen and oxygen atoms in total. The summed E-state index contributed by atoms with van der Waals surface area (Å²) in [4.78, 5) is 0. The summed E-state index contributed by atoms with van der Waals surface area (Å²) in [5, 5.41) is 0. The Bertz CT molecular complexity index is 345. The molecular weight excluding hydrogens is 174 g/mol. The number of nitrogens with two attached hydrogens (primary N) is 1. The number of ether oxygens (including phenoxy) is 4. The molecule has 2 N–H and O–H groups in total. The molecule has 68 valence electrons. The van der Waals surface area contributed by atoms with Gasteiger partial charge in [-0.1, -0.05) is 0 Å². The maximum absolute atomic E-state index is 5.78. The molecule has 2 aliphatic rings. The number of hydrogen-bond acceptors (Lipinski definition) is 5. The lowest BCUT2D eigenvalue weighted by atomic mass is 10.2. The van der Waals surface area contributed by atoms with Crippen LogP contribution in [-0.2, 0) is 0 Å². The monoisotopic (exact) mass is 181 g/mol. The predicted octanol–water partition coefficient (Wildman–Crippen LogP) is 0.726.